The number of carbonyl (C=O) groups is 2. The summed E-state index contributed by atoms with van der Waals surface area (Å²) in [5.74, 6) is -1.66. The lowest BCUT2D eigenvalue weighted by Crippen LogP contribution is -2.28. The molecular formula is C20H18F6N2O3. The number of hydrogen-bond acceptors (Lipinski definition) is 3. The first-order valence-electron chi connectivity index (χ1n) is 8.90. The molecule has 0 aliphatic heterocycles. The molecule has 2 aromatic rings. The molecule has 0 heterocycles. The van der Waals surface area contributed by atoms with Gasteiger partial charge in [0.25, 0.3) is 11.8 Å². The summed E-state index contributed by atoms with van der Waals surface area (Å²) in [5.41, 5.74) is -4.14. The fourth-order valence-corrected chi connectivity index (χ4v) is 2.62. The van der Waals surface area contributed by atoms with Crippen LogP contribution < -0.4 is 10.6 Å². The van der Waals surface area contributed by atoms with Gasteiger partial charge in [-0.3, -0.25) is 9.59 Å². The topological polar surface area (TPSA) is 67.4 Å². The van der Waals surface area contributed by atoms with Gasteiger partial charge in [0.15, 0.2) is 0 Å². The van der Waals surface area contributed by atoms with Crippen molar-refractivity contribution in [3.8, 4) is 0 Å². The van der Waals surface area contributed by atoms with Gasteiger partial charge in [0, 0.05) is 25.9 Å². The van der Waals surface area contributed by atoms with Crippen LogP contribution in [0.2, 0.25) is 0 Å². The van der Waals surface area contributed by atoms with E-state index in [1.165, 1.54) is 31.4 Å². The molecule has 11 heteroatoms. The van der Waals surface area contributed by atoms with Gasteiger partial charge in [-0.1, -0.05) is 12.1 Å². The molecular weight excluding hydrogens is 430 g/mol. The van der Waals surface area contributed by atoms with Crippen molar-refractivity contribution >= 4 is 17.5 Å². The van der Waals surface area contributed by atoms with Gasteiger partial charge >= 0.3 is 12.4 Å². The van der Waals surface area contributed by atoms with Crippen molar-refractivity contribution in [3.05, 3.63) is 64.7 Å². The maximum absolute atomic E-state index is 13.0. The van der Waals surface area contributed by atoms with Crippen LogP contribution in [0.5, 0.6) is 0 Å². The van der Waals surface area contributed by atoms with Gasteiger partial charge in [-0.2, -0.15) is 26.3 Å². The highest BCUT2D eigenvalue weighted by molar-refractivity contribution is 6.12. The number of amides is 2. The van der Waals surface area contributed by atoms with Crippen LogP contribution >= 0.6 is 0 Å². The maximum atomic E-state index is 13.0. The Labute approximate surface area is 173 Å². The zero-order valence-corrected chi connectivity index (χ0v) is 16.2. The summed E-state index contributed by atoms with van der Waals surface area (Å²) in [4.78, 5) is 24.9. The molecule has 5 nitrogen and oxygen atoms in total. The van der Waals surface area contributed by atoms with E-state index in [1.54, 1.807) is 0 Å². The molecule has 2 amide bonds. The molecule has 2 aromatic carbocycles. The molecule has 0 aromatic heterocycles. The fourth-order valence-electron chi connectivity index (χ4n) is 2.62. The van der Waals surface area contributed by atoms with Crippen LogP contribution in [0.15, 0.2) is 42.5 Å². The highest BCUT2D eigenvalue weighted by Crippen LogP contribution is 2.37. The quantitative estimate of drug-likeness (QED) is 0.475. The minimum atomic E-state index is -5.05. The van der Waals surface area contributed by atoms with Gasteiger partial charge in [-0.05, 0) is 36.8 Å². The van der Waals surface area contributed by atoms with Crippen LogP contribution in [-0.2, 0) is 17.1 Å². The van der Waals surface area contributed by atoms with E-state index in [1.807, 2.05) is 5.32 Å². The number of ether oxygens (including phenoxy) is 1. The van der Waals surface area contributed by atoms with E-state index < -0.39 is 41.0 Å². The first-order chi connectivity index (χ1) is 14.4. The van der Waals surface area contributed by atoms with Crippen LogP contribution in [0, 0.1) is 0 Å². The van der Waals surface area contributed by atoms with Gasteiger partial charge < -0.3 is 15.4 Å². The van der Waals surface area contributed by atoms with Crippen LogP contribution in [0.3, 0.4) is 0 Å². The third-order valence-electron chi connectivity index (χ3n) is 4.07. The summed E-state index contributed by atoms with van der Waals surface area (Å²) in [6, 6.07) is 6.15. The van der Waals surface area contributed by atoms with Crippen molar-refractivity contribution in [1.82, 2.24) is 5.32 Å². The Morgan fingerprint density at radius 3 is 1.87 bits per heavy atom. The molecule has 0 aliphatic carbocycles. The first-order valence-corrected chi connectivity index (χ1v) is 8.90. The summed E-state index contributed by atoms with van der Waals surface area (Å²) in [6.45, 7) is 0.630. The van der Waals surface area contributed by atoms with Crippen LogP contribution in [0.1, 0.15) is 38.3 Å². The monoisotopic (exact) mass is 448 g/mol. The number of methoxy groups -OCH3 is 1. The summed E-state index contributed by atoms with van der Waals surface area (Å²) >= 11 is 0. The van der Waals surface area contributed by atoms with Crippen molar-refractivity contribution in [2.24, 2.45) is 0 Å². The average Bonchev–Trinajstić information content (AvgIpc) is 2.69. The number of nitrogens with one attached hydrogen (secondary N) is 2. The average molecular weight is 448 g/mol. The van der Waals surface area contributed by atoms with Gasteiger partial charge in [0.05, 0.1) is 22.3 Å². The lowest BCUT2D eigenvalue weighted by molar-refractivity contribution is -0.143. The zero-order chi connectivity index (χ0) is 23.2. The Balaban J connectivity index is 2.31. The van der Waals surface area contributed by atoms with Crippen LogP contribution in [-0.4, -0.2) is 32.1 Å². The smallest absolute Gasteiger partial charge is 0.385 e. The van der Waals surface area contributed by atoms with E-state index in [2.05, 4.69) is 5.32 Å². The molecule has 0 atom stereocenters. The number of rotatable bonds is 7. The predicted octanol–water partition coefficient (Wildman–Crippen LogP) is 4.74. The summed E-state index contributed by atoms with van der Waals surface area (Å²) < 4.78 is 82.8. The SMILES string of the molecule is COCCCNC(=O)c1ccccc1C(=O)Nc1cc(C(F)(F)F)cc(C(F)(F)F)c1. The van der Waals surface area contributed by atoms with Crippen LogP contribution in [0.4, 0.5) is 32.0 Å². The molecule has 0 radical (unpaired) electrons. The number of hydrogen-bond donors (Lipinski definition) is 2. The van der Waals surface area contributed by atoms with Crippen molar-refractivity contribution < 1.29 is 40.7 Å². The zero-order valence-electron chi connectivity index (χ0n) is 16.2. The van der Waals surface area contributed by atoms with Crippen molar-refractivity contribution in [1.29, 1.82) is 0 Å². The van der Waals surface area contributed by atoms with E-state index >= 15 is 0 Å². The van der Waals surface area contributed by atoms with Gasteiger partial charge in [-0.15, -0.1) is 0 Å². The molecule has 0 bridgehead atoms. The third kappa shape index (κ3) is 6.71. The summed E-state index contributed by atoms with van der Waals surface area (Å²) in [7, 11) is 1.49. The lowest BCUT2D eigenvalue weighted by Gasteiger charge is -2.15. The molecule has 0 saturated heterocycles. The fraction of sp³-hybridized carbons (Fsp3) is 0.300. The van der Waals surface area contributed by atoms with E-state index in [0.717, 1.165) is 0 Å². The molecule has 0 fully saturated rings. The highest BCUT2D eigenvalue weighted by atomic mass is 19.4. The third-order valence-corrected chi connectivity index (χ3v) is 4.07. The molecule has 168 valence electrons. The van der Waals surface area contributed by atoms with Gasteiger partial charge in [0.1, 0.15) is 0 Å². The Morgan fingerprint density at radius 2 is 1.39 bits per heavy atom. The van der Waals surface area contributed by atoms with Crippen molar-refractivity contribution in [2.45, 2.75) is 18.8 Å². The Hall–Kier alpha value is -3.08. The van der Waals surface area contributed by atoms with Crippen LogP contribution in [0.25, 0.3) is 0 Å². The number of benzene rings is 2. The second kappa shape index (κ2) is 9.82. The molecule has 0 aliphatic rings. The number of alkyl halides is 6. The number of anilines is 1. The molecule has 0 unspecified atom stereocenters. The minimum Gasteiger partial charge on any atom is -0.385 e. The molecule has 2 N–H and O–H groups in total. The maximum Gasteiger partial charge on any atom is 0.416 e. The van der Waals surface area contributed by atoms with E-state index in [4.69, 9.17) is 4.74 Å². The molecule has 2 rings (SSSR count). The number of carbonyl (C=O) groups excluding carboxylic acids is 2. The van der Waals surface area contributed by atoms with E-state index in [0.29, 0.717) is 25.2 Å². The Morgan fingerprint density at radius 1 is 0.871 bits per heavy atom. The standard InChI is InChI=1S/C20H18F6N2O3/c1-31-8-4-7-27-17(29)15-5-2-3-6-16(15)18(30)28-14-10-12(19(21,22)23)9-13(11-14)20(24,25)26/h2-3,5-6,9-11H,4,7-8H2,1H3,(H,27,29)(H,28,30). The summed E-state index contributed by atoms with van der Waals surface area (Å²) in [5, 5.41) is 4.57. The molecule has 31 heavy (non-hydrogen) atoms. The largest absolute Gasteiger partial charge is 0.416 e. The Bertz CT molecular complexity index is 909. The lowest BCUT2D eigenvalue weighted by atomic mass is 10.0. The van der Waals surface area contributed by atoms with Crippen molar-refractivity contribution in [3.63, 3.8) is 0 Å². The summed E-state index contributed by atoms with van der Waals surface area (Å²) in [6.07, 6.45) is -9.61. The van der Waals surface area contributed by atoms with Crippen molar-refractivity contribution in [2.75, 3.05) is 25.6 Å². The normalized spacial score (nSPS) is 11.8. The van der Waals surface area contributed by atoms with E-state index in [-0.39, 0.29) is 23.7 Å². The molecule has 0 saturated carbocycles. The van der Waals surface area contributed by atoms with Gasteiger partial charge in [-0.25, -0.2) is 0 Å². The van der Waals surface area contributed by atoms with Gasteiger partial charge in [0.2, 0.25) is 0 Å². The predicted molar refractivity (Wildman–Crippen MR) is 99.7 cm³/mol. The molecule has 0 spiro atoms. The Kier molecular flexibility index (Phi) is 7.66. The highest BCUT2D eigenvalue weighted by Gasteiger charge is 2.37. The minimum absolute atomic E-state index is 0.0446. The second-order valence-electron chi connectivity index (χ2n) is 6.40. The number of halogens is 6. The first kappa shape index (κ1) is 24.2. The van der Waals surface area contributed by atoms with E-state index in [9.17, 15) is 35.9 Å². The second-order valence-corrected chi connectivity index (χ2v) is 6.40.